The van der Waals surface area contributed by atoms with Crippen molar-refractivity contribution in [3.63, 3.8) is 0 Å². The van der Waals surface area contributed by atoms with Crippen LogP contribution in [0.2, 0.25) is 0 Å². The maximum Gasteiger partial charge on any atom is 0.239 e. The molecule has 3 nitrogen and oxygen atoms in total. The largest absolute Gasteiger partial charge is 0.354 e. The Kier molecular flexibility index (Phi) is 4.07. The van der Waals surface area contributed by atoms with Crippen LogP contribution >= 0.6 is 0 Å². The first-order chi connectivity index (χ1) is 7.39. The Bertz CT molecular complexity index is 349. The van der Waals surface area contributed by atoms with Crippen molar-refractivity contribution >= 4 is 5.91 Å². The number of hydrogen-bond acceptors (Lipinski definition) is 2. The van der Waals surface area contributed by atoms with E-state index in [1.165, 1.54) is 11.1 Å². The topological polar surface area (TPSA) is 55.1 Å². The highest BCUT2D eigenvalue weighted by Crippen LogP contribution is 2.03. The van der Waals surface area contributed by atoms with Crippen LogP contribution in [0.15, 0.2) is 24.3 Å². The molecular weight excluding hydrogens is 200 g/mol. The average Bonchev–Trinajstić information content (AvgIpc) is 2.19. The molecule has 3 heteroatoms. The van der Waals surface area contributed by atoms with Crippen molar-refractivity contribution in [2.45, 2.75) is 32.7 Å². The molecular formula is C13H20N2O. The number of benzene rings is 1. The van der Waals surface area contributed by atoms with Crippen molar-refractivity contribution < 1.29 is 4.79 Å². The third-order valence-electron chi connectivity index (χ3n) is 2.41. The van der Waals surface area contributed by atoms with E-state index in [9.17, 15) is 4.79 Å². The molecule has 0 aliphatic carbocycles. The smallest absolute Gasteiger partial charge is 0.239 e. The van der Waals surface area contributed by atoms with E-state index in [0.717, 1.165) is 6.42 Å². The molecule has 0 unspecified atom stereocenters. The summed E-state index contributed by atoms with van der Waals surface area (Å²) in [7, 11) is 0. The molecule has 0 radical (unpaired) electrons. The van der Waals surface area contributed by atoms with Crippen molar-refractivity contribution in [3.05, 3.63) is 35.4 Å². The number of nitrogens with one attached hydrogen (secondary N) is 1. The second kappa shape index (κ2) is 5.12. The maximum atomic E-state index is 11.5. The van der Waals surface area contributed by atoms with Gasteiger partial charge in [0, 0.05) is 6.54 Å². The van der Waals surface area contributed by atoms with Crippen LogP contribution in [0, 0.1) is 6.92 Å². The van der Waals surface area contributed by atoms with Gasteiger partial charge in [0.1, 0.15) is 0 Å². The van der Waals surface area contributed by atoms with Crippen LogP contribution < -0.4 is 11.1 Å². The molecule has 3 N–H and O–H groups in total. The van der Waals surface area contributed by atoms with Crippen molar-refractivity contribution in [1.29, 1.82) is 0 Å². The lowest BCUT2D eigenvalue weighted by Crippen LogP contribution is -2.49. The molecule has 1 rings (SSSR count). The molecule has 0 aliphatic rings. The summed E-state index contributed by atoms with van der Waals surface area (Å²) >= 11 is 0. The fourth-order valence-corrected chi connectivity index (χ4v) is 1.30. The van der Waals surface area contributed by atoms with Gasteiger partial charge in [-0.05, 0) is 32.8 Å². The molecule has 88 valence electrons. The van der Waals surface area contributed by atoms with E-state index in [4.69, 9.17) is 5.73 Å². The minimum absolute atomic E-state index is 0.111. The van der Waals surface area contributed by atoms with Gasteiger partial charge in [-0.25, -0.2) is 0 Å². The first-order valence-electron chi connectivity index (χ1n) is 5.52. The second-order valence-electron chi connectivity index (χ2n) is 4.71. The third kappa shape index (κ3) is 4.03. The molecule has 0 aromatic heterocycles. The molecule has 1 aromatic carbocycles. The fourth-order valence-electron chi connectivity index (χ4n) is 1.30. The number of carbonyl (C=O) groups excluding carboxylic acids is 1. The van der Waals surface area contributed by atoms with Gasteiger partial charge < -0.3 is 11.1 Å². The molecule has 1 amide bonds. The second-order valence-corrected chi connectivity index (χ2v) is 4.71. The molecule has 16 heavy (non-hydrogen) atoms. The SMILES string of the molecule is Cc1ccc(CCNC(=O)C(C)(C)N)cc1. The van der Waals surface area contributed by atoms with Gasteiger partial charge in [0.15, 0.2) is 0 Å². The van der Waals surface area contributed by atoms with Crippen molar-refractivity contribution in [2.24, 2.45) is 5.73 Å². The molecule has 0 saturated carbocycles. The Morgan fingerprint density at radius 2 is 1.88 bits per heavy atom. The van der Waals surface area contributed by atoms with Crippen LogP contribution in [0.3, 0.4) is 0 Å². The predicted molar refractivity (Wildman–Crippen MR) is 66.2 cm³/mol. The molecule has 0 aliphatic heterocycles. The van der Waals surface area contributed by atoms with Crippen molar-refractivity contribution in [2.75, 3.05) is 6.54 Å². The van der Waals surface area contributed by atoms with Gasteiger partial charge in [-0.2, -0.15) is 0 Å². The molecule has 0 saturated heterocycles. The van der Waals surface area contributed by atoms with Gasteiger partial charge in [-0.15, -0.1) is 0 Å². The van der Waals surface area contributed by atoms with Crippen LogP contribution in [0.1, 0.15) is 25.0 Å². The van der Waals surface area contributed by atoms with Gasteiger partial charge in [0.2, 0.25) is 5.91 Å². The van der Waals surface area contributed by atoms with Crippen LogP contribution in [0.5, 0.6) is 0 Å². The first-order valence-corrected chi connectivity index (χ1v) is 5.52. The maximum absolute atomic E-state index is 11.5. The zero-order valence-electron chi connectivity index (χ0n) is 10.2. The molecule has 0 fully saturated rings. The number of rotatable bonds is 4. The Morgan fingerprint density at radius 3 is 2.38 bits per heavy atom. The van der Waals surface area contributed by atoms with E-state index in [-0.39, 0.29) is 5.91 Å². The lowest BCUT2D eigenvalue weighted by Gasteiger charge is -2.17. The summed E-state index contributed by atoms with van der Waals surface area (Å²) in [5.74, 6) is -0.111. The van der Waals surface area contributed by atoms with Gasteiger partial charge in [0.05, 0.1) is 5.54 Å². The van der Waals surface area contributed by atoms with Crippen molar-refractivity contribution in [1.82, 2.24) is 5.32 Å². The van der Waals surface area contributed by atoms with E-state index in [1.54, 1.807) is 13.8 Å². The van der Waals surface area contributed by atoms with Crippen LogP contribution in [0.25, 0.3) is 0 Å². The summed E-state index contributed by atoms with van der Waals surface area (Å²) in [6.07, 6.45) is 0.835. The highest BCUT2D eigenvalue weighted by molar-refractivity contribution is 5.84. The minimum atomic E-state index is -0.798. The zero-order valence-corrected chi connectivity index (χ0v) is 10.2. The molecule has 0 heterocycles. The van der Waals surface area contributed by atoms with Gasteiger partial charge in [-0.1, -0.05) is 29.8 Å². The normalized spacial score (nSPS) is 11.2. The monoisotopic (exact) mass is 220 g/mol. The third-order valence-corrected chi connectivity index (χ3v) is 2.41. The summed E-state index contributed by atoms with van der Waals surface area (Å²) in [6, 6.07) is 8.30. The minimum Gasteiger partial charge on any atom is -0.354 e. The average molecular weight is 220 g/mol. The predicted octanol–water partition coefficient (Wildman–Crippen LogP) is 1.39. The molecule has 0 atom stereocenters. The summed E-state index contributed by atoms with van der Waals surface area (Å²) < 4.78 is 0. The van der Waals surface area contributed by atoms with Gasteiger partial charge >= 0.3 is 0 Å². The van der Waals surface area contributed by atoms with Crippen LogP contribution in [-0.4, -0.2) is 18.0 Å². The lowest BCUT2D eigenvalue weighted by molar-refractivity contribution is -0.125. The van der Waals surface area contributed by atoms with Crippen LogP contribution in [0.4, 0.5) is 0 Å². The Hall–Kier alpha value is -1.35. The van der Waals surface area contributed by atoms with E-state index < -0.39 is 5.54 Å². The van der Waals surface area contributed by atoms with E-state index >= 15 is 0 Å². The van der Waals surface area contributed by atoms with E-state index in [0.29, 0.717) is 6.54 Å². The highest BCUT2D eigenvalue weighted by Gasteiger charge is 2.20. The summed E-state index contributed by atoms with van der Waals surface area (Å²) in [5, 5.41) is 2.82. The molecule has 1 aromatic rings. The van der Waals surface area contributed by atoms with Crippen LogP contribution in [-0.2, 0) is 11.2 Å². The number of aryl methyl sites for hydroxylation is 1. The molecule has 0 spiro atoms. The number of nitrogens with two attached hydrogens (primary N) is 1. The number of hydrogen-bond donors (Lipinski definition) is 2. The summed E-state index contributed by atoms with van der Waals surface area (Å²) in [6.45, 7) is 6.09. The van der Waals surface area contributed by atoms with E-state index in [1.807, 2.05) is 0 Å². The van der Waals surface area contributed by atoms with Gasteiger partial charge in [0.25, 0.3) is 0 Å². The summed E-state index contributed by atoms with van der Waals surface area (Å²) in [5.41, 5.74) is 7.34. The quantitative estimate of drug-likeness (QED) is 0.805. The molecule has 0 bridgehead atoms. The first kappa shape index (κ1) is 12.7. The van der Waals surface area contributed by atoms with E-state index in [2.05, 4.69) is 36.5 Å². The number of carbonyl (C=O) groups is 1. The standard InChI is InChI=1S/C13H20N2O/c1-10-4-6-11(7-5-10)8-9-15-12(16)13(2,3)14/h4-7H,8-9,14H2,1-3H3,(H,15,16). The summed E-state index contributed by atoms with van der Waals surface area (Å²) in [4.78, 5) is 11.5. The number of amides is 1. The Balaban J connectivity index is 2.36. The fraction of sp³-hybridized carbons (Fsp3) is 0.462. The lowest BCUT2D eigenvalue weighted by atomic mass is 10.1. The van der Waals surface area contributed by atoms with Gasteiger partial charge in [-0.3, -0.25) is 4.79 Å². The Morgan fingerprint density at radius 1 is 1.31 bits per heavy atom. The van der Waals surface area contributed by atoms with Crippen molar-refractivity contribution in [3.8, 4) is 0 Å². The zero-order chi connectivity index (χ0) is 12.2. The highest BCUT2D eigenvalue weighted by atomic mass is 16.2. The Labute approximate surface area is 97.0 Å².